The molecule has 0 bridgehead atoms. The maximum atomic E-state index is 13.0. The fourth-order valence-electron chi connectivity index (χ4n) is 3.35. The summed E-state index contributed by atoms with van der Waals surface area (Å²) in [6.45, 7) is 0. The lowest BCUT2D eigenvalue weighted by atomic mass is 10.00. The molecule has 0 unspecified atom stereocenters. The molecule has 0 atom stereocenters. The lowest BCUT2D eigenvalue weighted by Gasteiger charge is -2.11. The summed E-state index contributed by atoms with van der Waals surface area (Å²) in [7, 11) is 0. The summed E-state index contributed by atoms with van der Waals surface area (Å²) in [6, 6.07) is 25.9. The molecule has 5 rings (SSSR count). The average molecular weight is 433 g/mol. The third-order valence-electron chi connectivity index (χ3n) is 4.80. The summed E-state index contributed by atoms with van der Waals surface area (Å²) in [5, 5.41) is 10.3. The molecule has 2 heterocycles. The predicted octanol–water partition coefficient (Wildman–Crippen LogP) is 5.52. The summed E-state index contributed by atoms with van der Waals surface area (Å²) in [6.07, 6.45) is 0. The Morgan fingerprint density at radius 2 is 1.43 bits per heavy atom. The quantitative estimate of drug-likeness (QED) is 0.377. The van der Waals surface area contributed by atoms with Crippen LogP contribution < -0.4 is 5.69 Å². The highest BCUT2D eigenvalue weighted by molar-refractivity contribution is 6.33. The van der Waals surface area contributed by atoms with Crippen LogP contribution in [0.1, 0.15) is 0 Å². The molecule has 0 fully saturated rings. The maximum Gasteiger partial charge on any atom is 0.371 e. The molecule has 3 aromatic carbocycles. The third kappa shape index (κ3) is 3.18. The highest BCUT2D eigenvalue weighted by atomic mass is 35.5. The van der Waals surface area contributed by atoms with Crippen LogP contribution in [-0.4, -0.2) is 19.4 Å². The van der Waals surface area contributed by atoms with Gasteiger partial charge in [-0.1, -0.05) is 71.7 Å². The second-order valence-corrected chi connectivity index (χ2v) is 7.54. The van der Waals surface area contributed by atoms with Gasteiger partial charge in [-0.25, -0.2) is 4.79 Å². The minimum Gasteiger partial charge on any atom is -0.243 e. The number of aromatic nitrogens is 4. The molecule has 5 nitrogen and oxygen atoms in total. The number of halogens is 2. The highest BCUT2D eigenvalue weighted by Gasteiger charge is 2.18. The molecule has 2 aromatic heterocycles. The number of para-hydroxylation sites is 1. The van der Waals surface area contributed by atoms with E-state index in [-0.39, 0.29) is 5.69 Å². The van der Waals surface area contributed by atoms with Gasteiger partial charge in [0, 0.05) is 16.1 Å². The van der Waals surface area contributed by atoms with Gasteiger partial charge in [0.25, 0.3) is 0 Å². The van der Waals surface area contributed by atoms with Gasteiger partial charge in [-0.3, -0.25) is 0 Å². The zero-order valence-electron chi connectivity index (χ0n) is 15.5. The molecule has 0 saturated heterocycles. The number of fused-ring (bicyclic) bond motifs is 1. The summed E-state index contributed by atoms with van der Waals surface area (Å²) >= 11 is 12.5. The largest absolute Gasteiger partial charge is 0.371 e. The summed E-state index contributed by atoms with van der Waals surface area (Å²) in [5.41, 5.74) is 3.76. The molecule has 0 radical (unpaired) electrons. The first-order valence-corrected chi connectivity index (χ1v) is 9.97. The van der Waals surface area contributed by atoms with E-state index in [1.165, 1.54) is 9.20 Å². The van der Waals surface area contributed by atoms with Crippen LogP contribution in [0.15, 0.2) is 89.7 Å². The molecule has 0 aliphatic rings. The molecule has 0 N–H and O–H groups in total. The van der Waals surface area contributed by atoms with Crippen molar-refractivity contribution in [1.82, 2.24) is 19.4 Å². The smallest absolute Gasteiger partial charge is 0.243 e. The van der Waals surface area contributed by atoms with Crippen LogP contribution in [0.2, 0.25) is 10.0 Å². The van der Waals surface area contributed by atoms with Gasteiger partial charge < -0.3 is 0 Å². The van der Waals surface area contributed by atoms with Crippen LogP contribution in [0.4, 0.5) is 0 Å². The van der Waals surface area contributed by atoms with Gasteiger partial charge in [-0.05, 0) is 42.0 Å². The minimum atomic E-state index is -0.354. The number of hydrogen-bond acceptors (Lipinski definition) is 3. The second-order valence-electron chi connectivity index (χ2n) is 6.69. The lowest BCUT2D eigenvalue weighted by molar-refractivity contribution is 0.805. The van der Waals surface area contributed by atoms with Gasteiger partial charge in [-0.2, -0.15) is 14.3 Å². The van der Waals surface area contributed by atoms with Crippen molar-refractivity contribution in [1.29, 1.82) is 0 Å². The van der Waals surface area contributed by atoms with Crippen LogP contribution in [0.3, 0.4) is 0 Å². The first kappa shape index (κ1) is 18.6. The summed E-state index contributed by atoms with van der Waals surface area (Å²) in [4.78, 5) is 13.0. The van der Waals surface area contributed by atoms with E-state index in [1.807, 2.05) is 78.9 Å². The Labute approximate surface area is 181 Å². The van der Waals surface area contributed by atoms with Crippen LogP contribution in [0.5, 0.6) is 0 Å². The van der Waals surface area contributed by atoms with Crippen molar-refractivity contribution >= 4 is 28.8 Å². The lowest BCUT2D eigenvalue weighted by Crippen LogP contribution is -2.21. The number of rotatable bonds is 3. The average Bonchev–Trinajstić information content (AvgIpc) is 3.10. The first-order valence-electron chi connectivity index (χ1n) is 9.21. The molecule has 0 spiro atoms. The van der Waals surface area contributed by atoms with Crippen molar-refractivity contribution in [2.75, 3.05) is 0 Å². The standard InChI is InChI=1S/C23H14Cl2N4O/c24-16-12-10-15(11-13-16)19-14-21-26-28(17-6-2-1-3-7-17)23(30)29(21)27-22(19)18-8-4-5-9-20(18)25/h1-14H. The van der Waals surface area contributed by atoms with Crippen molar-refractivity contribution in [3.63, 3.8) is 0 Å². The number of benzene rings is 3. The summed E-state index contributed by atoms with van der Waals surface area (Å²) < 4.78 is 2.63. The van der Waals surface area contributed by atoms with Gasteiger partial charge in [0.2, 0.25) is 0 Å². The Balaban J connectivity index is 1.82. The maximum absolute atomic E-state index is 13.0. The van der Waals surface area contributed by atoms with Crippen LogP contribution in [0, 0.1) is 0 Å². The normalized spacial score (nSPS) is 11.1. The number of nitrogens with zero attached hydrogens (tertiary/aromatic N) is 4. The van der Waals surface area contributed by atoms with E-state index in [1.54, 1.807) is 6.07 Å². The van der Waals surface area contributed by atoms with E-state index in [4.69, 9.17) is 23.2 Å². The zero-order chi connectivity index (χ0) is 20.7. The minimum absolute atomic E-state index is 0.354. The zero-order valence-corrected chi connectivity index (χ0v) is 17.0. The Bertz CT molecular complexity index is 1420. The Hall–Kier alpha value is -3.41. The molecule has 0 aliphatic carbocycles. The Kier molecular flexibility index (Phi) is 4.62. The fraction of sp³-hybridized carbons (Fsp3) is 0. The molecule has 0 amide bonds. The van der Waals surface area contributed by atoms with Gasteiger partial charge in [0.1, 0.15) is 5.69 Å². The van der Waals surface area contributed by atoms with Gasteiger partial charge >= 0.3 is 5.69 Å². The molecule has 7 heteroatoms. The van der Waals surface area contributed by atoms with Gasteiger partial charge in [-0.15, -0.1) is 5.10 Å². The van der Waals surface area contributed by atoms with Gasteiger partial charge in [0.05, 0.1) is 10.7 Å². The van der Waals surface area contributed by atoms with E-state index in [9.17, 15) is 4.79 Å². The van der Waals surface area contributed by atoms with E-state index >= 15 is 0 Å². The van der Waals surface area contributed by atoms with Crippen molar-refractivity contribution in [3.8, 4) is 28.1 Å². The molecular formula is C23H14Cl2N4O. The molecule has 5 aromatic rings. The van der Waals surface area contributed by atoms with Crippen LogP contribution in [-0.2, 0) is 0 Å². The van der Waals surface area contributed by atoms with Crippen molar-refractivity contribution in [2.24, 2.45) is 0 Å². The fourth-order valence-corrected chi connectivity index (χ4v) is 3.70. The van der Waals surface area contributed by atoms with Crippen molar-refractivity contribution in [2.45, 2.75) is 0 Å². The van der Waals surface area contributed by atoms with E-state index in [2.05, 4.69) is 10.2 Å². The van der Waals surface area contributed by atoms with Crippen LogP contribution in [0.25, 0.3) is 33.7 Å². The van der Waals surface area contributed by atoms with E-state index < -0.39 is 0 Å². The first-order chi connectivity index (χ1) is 14.6. The van der Waals surface area contributed by atoms with Crippen LogP contribution >= 0.6 is 23.2 Å². The number of hydrogen-bond donors (Lipinski definition) is 0. The summed E-state index contributed by atoms with van der Waals surface area (Å²) in [5.74, 6) is 0. The Morgan fingerprint density at radius 1 is 0.733 bits per heavy atom. The molecule has 30 heavy (non-hydrogen) atoms. The molecule has 0 aliphatic heterocycles. The highest BCUT2D eigenvalue weighted by Crippen LogP contribution is 2.35. The second kappa shape index (κ2) is 7.44. The SMILES string of the molecule is O=c1n(-c2ccccc2)nc2cc(-c3ccc(Cl)cc3)c(-c3ccccc3Cl)nn12. The van der Waals surface area contributed by atoms with Crippen molar-refractivity contribution < 1.29 is 0 Å². The third-order valence-corrected chi connectivity index (χ3v) is 5.38. The molecule has 146 valence electrons. The topological polar surface area (TPSA) is 52.2 Å². The monoisotopic (exact) mass is 432 g/mol. The molecular weight excluding hydrogens is 419 g/mol. The predicted molar refractivity (Wildman–Crippen MR) is 119 cm³/mol. The Morgan fingerprint density at radius 3 is 2.17 bits per heavy atom. The van der Waals surface area contributed by atoms with E-state index in [0.29, 0.717) is 27.1 Å². The van der Waals surface area contributed by atoms with Crippen molar-refractivity contribution in [3.05, 3.63) is 105 Å². The van der Waals surface area contributed by atoms with E-state index in [0.717, 1.165) is 16.7 Å². The molecule has 0 saturated carbocycles. The van der Waals surface area contributed by atoms with Gasteiger partial charge in [0.15, 0.2) is 5.65 Å².